The molecule has 2 fully saturated rings. The van der Waals surface area contributed by atoms with Crippen LogP contribution in [0, 0.1) is 0 Å². The third kappa shape index (κ3) is 2.28. The fourth-order valence-corrected chi connectivity index (χ4v) is 5.27. The number of sulfone groups is 1. The molecule has 1 spiro atoms. The summed E-state index contributed by atoms with van der Waals surface area (Å²) in [6, 6.07) is -0.550. The Morgan fingerprint density at radius 2 is 1.89 bits per heavy atom. The molecule has 1 saturated heterocycles. The first-order chi connectivity index (χ1) is 8.38. The van der Waals surface area contributed by atoms with Gasteiger partial charge in [-0.05, 0) is 19.8 Å². The van der Waals surface area contributed by atoms with Crippen LogP contribution in [0.4, 0.5) is 0 Å². The fraction of sp³-hybridized carbons (Fsp3) is 0.917. The molecule has 104 valence electrons. The van der Waals surface area contributed by atoms with Gasteiger partial charge < -0.3 is 10.6 Å². The van der Waals surface area contributed by atoms with Crippen molar-refractivity contribution < 1.29 is 13.2 Å². The lowest BCUT2D eigenvalue weighted by molar-refractivity contribution is -0.132. The van der Waals surface area contributed by atoms with E-state index in [-0.39, 0.29) is 11.7 Å². The molecular formula is C12H22N2O3S. The van der Waals surface area contributed by atoms with Gasteiger partial charge in [0.1, 0.15) is 0 Å². The van der Waals surface area contributed by atoms with Gasteiger partial charge in [-0.2, -0.15) is 0 Å². The highest BCUT2D eigenvalue weighted by atomic mass is 32.2. The number of hydrogen-bond acceptors (Lipinski definition) is 4. The summed E-state index contributed by atoms with van der Waals surface area (Å²) < 4.78 is 24.0. The van der Waals surface area contributed by atoms with Crippen LogP contribution in [0.15, 0.2) is 0 Å². The van der Waals surface area contributed by atoms with Gasteiger partial charge in [0.25, 0.3) is 0 Å². The van der Waals surface area contributed by atoms with E-state index in [2.05, 4.69) is 0 Å². The first-order valence-electron chi connectivity index (χ1n) is 6.65. The Balaban J connectivity index is 2.22. The quantitative estimate of drug-likeness (QED) is 0.745. The van der Waals surface area contributed by atoms with E-state index in [1.165, 1.54) is 0 Å². The van der Waals surface area contributed by atoms with Gasteiger partial charge in [0.15, 0.2) is 9.84 Å². The minimum absolute atomic E-state index is 0.0887. The van der Waals surface area contributed by atoms with Gasteiger partial charge >= 0.3 is 0 Å². The van der Waals surface area contributed by atoms with Gasteiger partial charge in [-0.15, -0.1) is 0 Å². The average molecular weight is 274 g/mol. The molecule has 1 saturated carbocycles. The first-order valence-corrected chi connectivity index (χ1v) is 8.30. The molecule has 18 heavy (non-hydrogen) atoms. The largest absolute Gasteiger partial charge is 0.339 e. The molecule has 2 rings (SSSR count). The summed E-state index contributed by atoms with van der Waals surface area (Å²) >= 11 is 0. The minimum atomic E-state index is -3.07. The van der Waals surface area contributed by atoms with Crippen molar-refractivity contribution in [1.82, 2.24) is 4.90 Å². The summed E-state index contributed by atoms with van der Waals surface area (Å²) in [5, 5.41) is 0. The van der Waals surface area contributed by atoms with E-state index in [0.29, 0.717) is 25.9 Å². The Morgan fingerprint density at radius 3 is 2.44 bits per heavy atom. The number of carbonyl (C=O) groups is 1. The number of nitrogens with zero attached hydrogens (tertiary/aromatic N) is 1. The van der Waals surface area contributed by atoms with E-state index in [1.807, 2.05) is 0 Å². The normalized spacial score (nSPS) is 28.0. The van der Waals surface area contributed by atoms with Crippen molar-refractivity contribution in [2.24, 2.45) is 5.73 Å². The van der Waals surface area contributed by atoms with Gasteiger partial charge in [0, 0.05) is 13.1 Å². The monoisotopic (exact) mass is 274 g/mol. The number of carbonyl (C=O) groups excluding carboxylic acids is 1. The lowest BCUT2D eigenvalue weighted by atomic mass is 9.87. The SMILES string of the molecule is C[C@@H](N)C(=O)N1CCS(=O)(=O)C2(CCCCC2)C1. The van der Waals surface area contributed by atoms with Gasteiger partial charge in [-0.25, -0.2) is 8.42 Å². The van der Waals surface area contributed by atoms with Gasteiger partial charge in [0.2, 0.25) is 5.91 Å². The Morgan fingerprint density at radius 1 is 1.28 bits per heavy atom. The van der Waals surface area contributed by atoms with Crippen molar-refractivity contribution in [3.8, 4) is 0 Å². The van der Waals surface area contributed by atoms with Crippen molar-refractivity contribution in [2.75, 3.05) is 18.8 Å². The lowest BCUT2D eigenvalue weighted by Crippen LogP contribution is -2.60. The van der Waals surface area contributed by atoms with E-state index in [1.54, 1.807) is 11.8 Å². The molecule has 2 aliphatic rings. The molecule has 0 aromatic rings. The van der Waals surface area contributed by atoms with Crippen molar-refractivity contribution in [3.05, 3.63) is 0 Å². The highest BCUT2D eigenvalue weighted by Crippen LogP contribution is 2.38. The molecule has 2 N–H and O–H groups in total. The maximum absolute atomic E-state index is 12.3. The van der Waals surface area contributed by atoms with Crippen molar-refractivity contribution >= 4 is 15.7 Å². The fourth-order valence-electron chi connectivity index (χ4n) is 3.11. The number of amides is 1. The van der Waals surface area contributed by atoms with Crippen molar-refractivity contribution in [1.29, 1.82) is 0 Å². The summed E-state index contributed by atoms with van der Waals surface area (Å²) in [6.07, 6.45) is 4.37. The summed E-state index contributed by atoms with van der Waals surface area (Å²) in [4.78, 5) is 13.6. The Hall–Kier alpha value is -0.620. The second kappa shape index (κ2) is 4.81. The van der Waals surface area contributed by atoms with E-state index >= 15 is 0 Å². The molecule has 0 aromatic carbocycles. The summed E-state index contributed by atoms with van der Waals surface area (Å²) in [5.41, 5.74) is 5.61. The molecule has 1 heterocycles. The third-order valence-electron chi connectivity index (χ3n) is 4.23. The predicted octanol–water partition coefficient (Wildman–Crippen LogP) is 0.294. The zero-order valence-electron chi connectivity index (χ0n) is 10.9. The summed E-state index contributed by atoms with van der Waals surface area (Å²) in [7, 11) is -3.07. The molecule has 1 aliphatic heterocycles. The average Bonchev–Trinajstić information content (AvgIpc) is 2.33. The Labute approximate surface area is 109 Å². The molecule has 6 heteroatoms. The Kier molecular flexibility index (Phi) is 3.69. The second-order valence-corrected chi connectivity index (χ2v) is 8.11. The van der Waals surface area contributed by atoms with Crippen LogP contribution in [0.3, 0.4) is 0 Å². The third-order valence-corrected chi connectivity index (χ3v) is 6.81. The first kappa shape index (κ1) is 13.8. The zero-order valence-corrected chi connectivity index (χ0v) is 11.7. The Bertz CT molecular complexity index is 425. The topological polar surface area (TPSA) is 80.5 Å². The van der Waals surface area contributed by atoms with E-state index < -0.39 is 20.6 Å². The molecule has 1 atom stereocenters. The van der Waals surface area contributed by atoms with Crippen molar-refractivity contribution in [2.45, 2.75) is 49.8 Å². The molecule has 0 bridgehead atoms. The van der Waals surface area contributed by atoms with E-state index in [4.69, 9.17) is 5.73 Å². The van der Waals surface area contributed by atoms with Crippen LogP contribution in [0.2, 0.25) is 0 Å². The maximum atomic E-state index is 12.3. The van der Waals surface area contributed by atoms with E-state index in [0.717, 1.165) is 19.3 Å². The molecule has 1 aliphatic carbocycles. The summed E-state index contributed by atoms with van der Waals surface area (Å²) in [6.45, 7) is 2.29. The number of rotatable bonds is 1. The van der Waals surface area contributed by atoms with Crippen LogP contribution >= 0.6 is 0 Å². The smallest absolute Gasteiger partial charge is 0.239 e. The molecule has 1 amide bonds. The highest BCUT2D eigenvalue weighted by Gasteiger charge is 2.49. The maximum Gasteiger partial charge on any atom is 0.239 e. The highest BCUT2D eigenvalue weighted by molar-refractivity contribution is 7.92. The lowest BCUT2D eigenvalue weighted by Gasteiger charge is -2.44. The molecule has 5 nitrogen and oxygen atoms in total. The van der Waals surface area contributed by atoms with E-state index in [9.17, 15) is 13.2 Å². The second-order valence-electron chi connectivity index (χ2n) is 5.61. The zero-order chi connectivity index (χ0) is 13.4. The number of hydrogen-bond donors (Lipinski definition) is 1. The molecular weight excluding hydrogens is 252 g/mol. The molecule has 0 unspecified atom stereocenters. The van der Waals surface area contributed by atoms with Gasteiger partial charge in [-0.3, -0.25) is 4.79 Å². The van der Waals surface area contributed by atoms with Gasteiger partial charge in [-0.1, -0.05) is 19.3 Å². The van der Waals surface area contributed by atoms with Crippen LogP contribution in [0.1, 0.15) is 39.0 Å². The van der Waals surface area contributed by atoms with Gasteiger partial charge in [0.05, 0.1) is 16.5 Å². The van der Waals surface area contributed by atoms with Crippen molar-refractivity contribution in [3.63, 3.8) is 0 Å². The van der Waals surface area contributed by atoms with Crippen LogP contribution in [-0.2, 0) is 14.6 Å². The number of nitrogens with two attached hydrogens (primary N) is 1. The van der Waals surface area contributed by atoms with Crippen LogP contribution in [-0.4, -0.2) is 48.9 Å². The molecule has 0 aromatic heterocycles. The minimum Gasteiger partial charge on any atom is -0.339 e. The summed E-state index contributed by atoms with van der Waals surface area (Å²) in [5.74, 6) is -0.0410. The van der Waals surface area contributed by atoms with Crippen LogP contribution in [0.5, 0.6) is 0 Å². The predicted molar refractivity (Wildman–Crippen MR) is 69.8 cm³/mol. The van der Waals surface area contributed by atoms with Crippen LogP contribution in [0.25, 0.3) is 0 Å². The standard InChI is InChI=1S/C12H22N2O3S/c1-10(13)11(15)14-7-8-18(16,17)12(9-14)5-3-2-4-6-12/h10H,2-9,13H2,1H3/t10-/m1/s1. The molecule has 0 radical (unpaired) electrons. The van der Waals surface area contributed by atoms with Crippen LogP contribution < -0.4 is 5.73 Å².